The third-order valence-corrected chi connectivity index (χ3v) is 1.53. The molecule has 0 saturated heterocycles. The second kappa shape index (κ2) is 4.01. The maximum absolute atomic E-state index is 13.3. The largest absolute Gasteiger partial charge is 0.368 e. The minimum Gasteiger partial charge on any atom is -0.368 e. The van der Waals surface area contributed by atoms with Crippen LogP contribution in [0, 0.1) is 5.82 Å². The molecule has 1 heterocycles. The summed E-state index contributed by atoms with van der Waals surface area (Å²) >= 11 is 0. The molecule has 0 aliphatic heterocycles. The molecule has 1 aromatic heterocycles. The van der Waals surface area contributed by atoms with E-state index < -0.39 is 0 Å². The highest BCUT2D eigenvalue weighted by Crippen LogP contribution is 2.13. The summed E-state index contributed by atoms with van der Waals surface area (Å²) in [6, 6.07) is 1.58. The first-order chi connectivity index (χ1) is 5.79. The van der Waals surface area contributed by atoms with Crippen molar-refractivity contribution in [3.05, 3.63) is 23.6 Å². The third kappa shape index (κ3) is 1.71. The van der Waals surface area contributed by atoms with Gasteiger partial charge in [-0.25, -0.2) is 9.37 Å². The number of nitrogens with zero attached hydrogens (tertiary/aromatic N) is 1. The molecule has 0 bridgehead atoms. The zero-order chi connectivity index (χ0) is 8.97. The lowest BCUT2D eigenvalue weighted by molar-refractivity contribution is 0.607. The highest BCUT2D eigenvalue weighted by molar-refractivity contribution is 5.39. The Hall–Kier alpha value is -1.16. The van der Waals surface area contributed by atoms with Crippen LogP contribution in [-0.2, 0) is 6.54 Å². The lowest BCUT2D eigenvalue weighted by atomic mass is 10.2. The van der Waals surface area contributed by atoms with Gasteiger partial charge in [-0.1, -0.05) is 0 Å². The van der Waals surface area contributed by atoms with E-state index in [1.54, 1.807) is 12.3 Å². The van der Waals surface area contributed by atoms with Crippen LogP contribution in [-0.4, -0.2) is 11.5 Å². The van der Waals surface area contributed by atoms with Gasteiger partial charge in [0.05, 0.1) is 0 Å². The molecule has 66 valence electrons. The molecule has 1 rings (SSSR count). The molecule has 0 amide bonds. The summed E-state index contributed by atoms with van der Waals surface area (Å²) in [5.74, 6) is -0.0673. The molecular weight excluding hydrogens is 157 g/mol. The number of pyridine rings is 1. The first-order valence-electron chi connectivity index (χ1n) is 3.87. The SMILES string of the molecule is CCNc1nccc(CN)c1F. The second-order valence-electron chi connectivity index (χ2n) is 2.37. The van der Waals surface area contributed by atoms with Crippen LogP contribution in [0.5, 0.6) is 0 Å². The van der Waals surface area contributed by atoms with Crippen molar-refractivity contribution in [1.29, 1.82) is 0 Å². The highest BCUT2D eigenvalue weighted by Gasteiger charge is 2.05. The number of anilines is 1. The van der Waals surface area contributed by atoms with Gasteiger partial charge in [-0.2, -0.15) is 0 Å². The van der Waals surface area contributed by atoms with Gasteiger partial charge in [0.1, 0.15) is 0 Å². The Bertz CT molecular complexity index is 262. The molecule has 0 spiro atoms. The van der Waals surface area contributed by atoms with Gasteiger partial charge in [0, 0.05) is 24.8 Å². The van der Waals surface area contributed by atoms with Crippen molar-refractivity contribution in [3.63, 3.8) is 0 Å². The van der Waals surface area contributed by atoms with E-state index in [2.05, 4.69) is 10.3 Å². The molecule has 0 fully saturated rings. The van der Waals surface area contributed by atoms with Crippen molar-refractivity contribution < 1.29 is 4.39 Å². The summed E-state index contributed by atoms with van der Waals surface area (Å²) in [5.41, 5.74) is 5.81. The molecule has 1 aromatic rings. The fourth-order valence-corrected chi connectivity index (χ4v) is 0.932. The van der Waals surface area contributed by atoms with E-state index in [0.29, 0.717) is 12.1 Å². The molecule has 0 aromatic carbocycles. The van der Waals surface area contributed by atoms with Gasteiger partial charge in [0.2, 0.25) is 0 Å². The van der Waals surface area contributed by atoms with Crippen LogP contribution in [0.4, 0.5) is 10.2 Å². The molecular formula is C8H12FN3. The maximum atomic E-state index is 13.3. The zero-order valence-electron chi connectivity index (χ0n) is 6.97. The van der Waals surface area contributed by atoms with Crippen molar-refractivity contribution in [2.24, 2.45) is 5.73 Å². The Labute approximate surface area is 70.8 Å². The van der Waals surface area contributed by atoms with E-state index >= 15 is 0 Å². The first-order valence-corrected chi connectivity index (χ1v) is 3.87. The molecule has 0 radical (unpaired) electrons. The molecule has 4 heteroatoms. The molecule has 3 nitrogen and oxygen atoms in total. The Morgan fingerprint density at radius 3 is 3.00 bits per heavy atom. The van der Waals surface area contributed by atoms with Gasteiger partial charge >= 0.3 is 0 Å². The van der Waals surface area contributed by atoms with Crippen molar-refractivity contribution in [3.8, 4) is 0 Å². The summed E-state index contributed by atoms with van der Waals surface area (Å²) in [7, 11) is 0. The van der Waals surface area contributed by atoms with Gasteiger partial charge in [0.25, 0.3) is 0 Å². The Morgan fingerprint density at radius 2 is 2.42 bits per heavy atom. The van der Waals surface area contributed by atoms with Crippen molar-refractivity contribution in [2.45, 2.75) is 13.5 Å². The smallest absolute Gasteiger partial charge is 0.169 e. The lowest BCUT2D eigenvalue weighted by Crippen LogP contribution is -2.06. The summed E-state index contributed by atoms with van der Waals surface area (Å²) in [6.45, 7) is 2.74. The number of hydrogen-bond acceptors (Lipinski definition) is 3. The van der Waals surface area contributed by atoms with Crippen LogP contribution >= 0.6 is 0 Å². The average Bonchev–Trinajstić information content (AvgIpc) is 2.09. The molecule has 0 aliphatic rings. The van der Waals surface area contributed by atoms with Gasteiger partial charge in [-0.15, -0.1) is 0 Å². The summed E-state index contributed by atoms with van der Waals surface area (Å²) in [6.07, 6.45) is 1.54. The van der Waals surface area contributed by atoms with Crippen LogP contribution in [0.3, 0.4) is 0 Å². The monoisotopic (exact) mass is 169 g/mol. The molecule has 12 heavy (non-hydrogen) atoms. The fourth-order valence-electron chi connectivity index (χ4n) is 0.932. The molecule has 0 aliphatic carbocycles. The Morgan fingerprint density at radius 1 is 1.67 bits per heavy atom. The zero-order valence-corrected chi connectivity index (χ0v) is 6.97. The number of aromatic nitrogens is 1. The van der Waals surface area contributed by atoms with E-state index in [1.807, 2.05) is 6.92 Å². The average molecular weight is 169 g/mol. The van der Waals surface area contributed by atoms with Crippen LogP contribution in [0.2, 0.25) is 0 Å². The highest BCUT2D eigenvalue weighted by atomic mass is 19.1. The quantitative estimate of drug-likeness (QED) is 0.712. The van der Waals surface area contributed by atoms with Crippen LogP contribution in [0.15, 0.2) is 12.3 Å². The van der Waals surface area contributed by atoms with Crippen molar-refractivity contribution >= 4 is 5.82 Å². The molecule has 0 atom stereocenters. The summed E-state index contributed by atoms with van der Waals surface area (Å²) in [5, 5.41) is 2.81. The van der Waals surface area contributed by atoms with Crippen molar-refractivity contribution in [1.82, 2.24) is 4.98 Å². The predicted molar refractivity (Wildman–Crippen MR) is 46.3 cm³/mol. The van der Waals surface area contributed by atoms with Crippen LogP contribution in [0.25, 0.3) is 0 Å². The molecule has 0 saturated carbocycles. The van der Waals surface area contributed by atoms with E-state index in [4.69, 9.17) is 5.73 Å². The molecule has 3 N–H and O–H groups in total. The van der Waals surface area contributed by atoms with Gasteiger partial charge in [-0.05, 0) is 13.0 Å². The predicted octanol–water partition coefficient (Wildman–Crippen LogP) is 1.11. The topological polar surface area (TPSA) is 50.9 Å². The van der Waals surface area contributed by atoms with Gasteiger partial charge in [-0.3, -0.25) is 0 Å². The van der Waals surface area contributed by atoms with Gasteiger partial charge in [0.15, 0.2) is 11.6 Å². The summed E-state index contributed by atoms with van der Waals surface area (Å²) in [4.78, 5) is 3.83. The standard InChI is InChI=1S/C8H12FN3/c1-2-11-8-7(9)6(5-10)3-4-12-8/h3-4H,2,5,10H2,1H3,(H,11,12). The van der Waals surface area contributed by atoms with Gasteiger partial charge < -0.3 is 11.1 Å². The van der Waals surface area contributed by atoms with Crippen molar-refractivity contribution in [2.75, 3.05) is 11.9 Å². The number of rotatable bonds is 3. The van der Waals surface area contributed by atoms with E-state index in [-0.39, 0.29) is 18.2 Å². The maximum Gasteiger partial charge on any atom is 0.169 e. The Balaban J connectivity index is 2.97. The third-order valence-electron chi connectivity index (χ3n) is 1.53. The minimum atomic E-state index is -0.346. The number of hydrogen-bond donors (Lipinski definition) is 2. The second-order valence-corrected chi connectivity index (χ2v) is 2.37. The Kier molecular flexibility index (Phi) is 2.99. The van der Waals surface area contributed by atoms with Crippen LogP contribution in [0.1, 0.15) is 12.5 Å². The lowest BCUT2D eigenvalue weighted by Gasteiger charge is -2.05. The summed E-state index contributed by atoms with van der Waals surface area (Å²) < 4.78 is 13.3. The fraction of sp³-hybridized carbons (Fsp3) is 0.375. The minimum absolute atomic E-state index is 0.201. The van der Waals surface area contributed by atoms with Crippen LogP contribution < -0.4 is 11.1 Å². The van der Waals surface area contributed by atoms with E-state index in [0.717, 1.165) is 0 Å². The number of nitrogens with one attached hydrogen (secondary N) is 1. The number of nitrogens with two attached hydrogens (primary N) is 1. The van der Waals surface area contributed by atoms with E-state index in [1.165, 1.54) is 0 Å². The first kappa shape index (κ1) is 8.93. The molecule has 0 unspecified atom stereocenters. The normalized spacial score (nSPS) is 9.92. The number of halogens is 1. The van der Waals surface area contributed by atoms with E-state index in [9.17, 15) is 4.39 Å².